The maximum atomic E-state index is 12.0. The molecular formula is C13H13N4O5-. The molecule has 1 aromatic rings. The van der Waals surface area contributed by atoms with Crippen LogP contribution >= 0.6 is 0 Å². The van der Waals surface area contributed by atoms with Crippen molar-refractivity contribution < 1.29 is 19.6 Å². The van der Waals surface area contributed by atoms with E-state index < -0.39 is 16.6 Å². The molecule has 116 valence electrons. The monoisotopic (exact) mass is 305 g/mol. The molecule has 1 rings (SSSR count). The molecular weight excluding hydrogens is 292 g/mol. The minimum absolute atomic E-state index is 0.0581. The number of non-ortho nitro benzene ring substituents is 1. The molecule has 0 saturated heterocycles. The first-order chi connectivity index (χ1) is 10.4. The Balaban J connectivity index is 3.17. The second-order valence-electron chi connectivity index (χ2n) is 4.12. The summed E-state index contributed by atoms with van der Waals surface area (Å²) < 4.78 is 4.79. The maximum absolute atomic E-state index is 12.0. The van der Waals surface area contributed by atoms with E-state index >= 15 is 0 Å². The number of carbonyl (C=O) groups is 1. The highest BCUT2D eigenvalue weighted by Gasteiger charge is 2.12. The highest BCUT2D eigenvalue weighted by atomic mass is 16.6. The van der Waals surface area contributed by atoms with Crippen molar-refractivity contribution in [1.82, 2.24) is 5.01 Å². The van der Waals surface area contributed by atoms with Crippen LogP contribution < -0.4 is 9.84 Å². The van der Waals surface area contributed by atoms with Gasteiger partial charge in [-0.3, -0.25) is 14.9 Å². The quantitative estimate of drug-likeness (QED) is 0.433. The number of rotatable bonds is 6. The van der Waals surface area contributed by atoms with Gasteiger partial charge < -0.3 is 9.84 Å². The zero-order chi connectivity index (χ0) is 16.7. The molecule has 1 aromatic carbocycles. The molecule has 0 fully saturated rings. The summed E-state index contributed by atoms with van der Waals surface area (Å²) in [5.41, 5.74) is -0.418. The standard InChI is InChI=1S/C13H14N4O5/c1-9(18)16(5-3-4-14)15-8-10-6-11(17(20)21)7-12(22-2)13(10)19/h6-8,19H,3,5H2,1-2H3/p-1/b15-8-. The Morgan fingerprint density at radius 3 is 2.77 bits per heavy atom. The maximum Gasteiger partial charge on any atom is 0.273 e. The van der Waals surface area contributed by atoms with Gasteiger partial charge in [0, 0.05) is 13.0 Å². The Morgan fingerprint density at radius 2 is 2.27 bits per heavy atom. The Hall–Kier alpha value is -3.15. The number of amides is 1. The molecule has 0 aliphatic heterocycles. The van der Waals surface area contributed by atoms with Gasteiger partial charge in [-0.05, 0) is 5.56 Å². The Kier molecular flexibility index (Phi) is 5.83. The van der Waals surface area contributed by atoms with Gasteiger partial charge in [0.25, 0.3) is 5.69 Å². The second kappa shape index (κ2) is 7.58. The molecule has 0 unspecified atom stereocenters. The molecule has 9 nitrogen and oxygen atoms in total. The van der Waals surface area contributed by atoms with Gasteiger partial charge in [-0.25, -0.2) is 5.01 Å². The zero-order valence-electron chi connectivity index (χ0n) is 12.0. The number of methoxy groups -OCH3 is 1. The van der Waals surface area contributed by atoms with Crippen molar-refractivity contribution in [2.24, 2.45) is 5.10 Å². The minimum atomic E-state index is -0.669. The number of carbonyl (C=O) groups excluding carboxylic acids is 1. The van der Waals surface area contributed by atoms with Gasteiger partial charge in [0.2, 0.25) is 5.91 Å². The van der Waals surface area contributed by atoms with E-state index in [-0.39, 0.29) is 30.0 Å². The molecule has 0 bridgehead atoms. The van der Waals surface area contributed by atoms with E-state index in [1.807, 2.05) is 6.07 Å². The summed E-state index contributed by atoms with van der Waals surface area (Å²) in [6, 6.07) is 3.92. The van der Waals surface area contributed by atoms with Crippen molar-refractivity contribution in [1.29, 1.82) is 5.26 Å². The fourth-order valence-corrected chi connectivity index (χ4v) is 1.55. The average Bonchev–Trinajstić information content (AvgIpc) is 2.48. The summed E-state index contributed by atoms with van der Waals surface area (Å²) in [5.74, 6) is -1.20. The Labute approximate surface area is 126 Å². The van der Waals surface area contributed by atoms with Crippen molar-refractivity contribution in [3.8, 4) is 17.6 Å². The molecule has 0 atom stereocenters. The number of hydrazone groups is 1. The van der Waals surface area contributed by atoms with E-state index in [2.05, 4.69) is 5.10 Å². The predicted molar refractivity (Wildman–Crippen MR) is 74.3 cm³/mol. The summed E-state index contributed by atoms with van der Waals surface area (Å²) in [6.45, 7) is 1.31. The lowest BCUT2D eigenvalue weighted by Gasteiger charge is -2.16. The fraction of sp³-hybridized carbons (Fsp3) is 0.308. The minimum Gasteiger partial charge on any atom is -0.870 e. The molecule has 0 heterocycles. The van der Waals surface area contributed by atoms with Gasteiger partial charge in [-0.15, -0.1) is 0 Å². The lowest BCUT2D eigenvalue weighted by atomic mass is 10.2. The molecule has 0 saturated carbocycles. The highest BCUT2D eigenvalue weighted by molar-refractivity contribution is 5.87. The van der Waals surface area contributed by atoms with Crippen LogP contribution in [0.3, 0.4) is 0 Å². The number of hydrogen-bond donors (Lipinski definition) is 0. The molecule has 0 radical (unpaired) electrons. The molecule has 0 aliphatic carbocycles. The van der Waals surface area contributed by atoms with Gasteiger partial charge in [-0.1, -0.05) is 5.75 Å². The van der Waals surface area contributed by atoms with E-state index in [9.17, 15) is 20.0 Å². The van der Waals surface area contributed by atoms with E-state index in [4.69, 9.17) is 10.00 Å². The third kappa shape index (κ3) is 4.17. The number of benzene rings is 1. The highest BCUT2D eigenvalue weighted by Crippen LogP contribution is 2.31. The summed E-state index contributed by atoms with van der Waals surface area (Å²) >= 11 is 0. The number of nitro benzene ring substituents is 1. The van der Waals surface area contributed by atoms with Gasteiger partial charge in [0.1, 0.15) is 5.75 Å². The third-order valence-corrected chi connectivity index (χ3v) is 2.63. The van der Waals surface area contributed by atoms with Crippen LogP contribution in [0.25, 0.3) is 0 Å². The Bertz CT molecular complexity index is 651. The molecule has 0 aromatic heterocycles. The number of hydrogen-bond acceptors (Lipinski definition) is 7. The zero-order valence-corrected chi connectivity index (χ0v) is 12.0. The first kappa shape index (κ1) is 16.9. The van der Waals surface area contributed by atoms with Gasteiger partial charge in [0.05, 0.1) is 43.3 Å². The molecule has 0 aliphatic rings. The summed E-state index contributed by atoms with van der Waals surface area (Å²) in [7, 11) is 1.22. The summed E-state index contributed by atoms with van der Waals surface area (Å²) in [4.78, 5) is 21.5. The second-order valence-corrected chi connectivity index (χ2v) is 4.12. The van der Waals surface area contributed by atoms with E-state index in [1.54, 1.807) is 0 Å². The van der Waals surface area contributed by atoms with Crippen LogP contribution in [0.1, 0.15) is 18.9 Å². The van der Waals surface area contributed by atoms with Crippen molar-refractivity contribution in [3.63, 3.8) is 0 Å². The van der Waals surface area contributed by atoms with Gasteiger partial charge >= 0.3 is 0 Å². The van der Waals surface area contributed by atoms with Crippen molar-refractivity contribution in [2.45, 2.75) is 13.3 Å². The van der Waals surface area contributed by atoms with E-state index in [1.165, 1.54) is 14.0 Å². The molecule has 22 heavy (non-hydrogen) atoms. The molecule has 9 heteroatoms. The largest absolute Gasteiger partial charge is 0.870 e. The number of nitrogens with zero attached hydrogens (tertiary/aromatic N) is 4. The first-order valence-electron chi connectivity index (χ1n) is 6.13. The topological polar surface area (TPSA) is 132 Å². The smallest absolute Gasteiger partial charge is 0.273 e. The van der Waals surface area contributed by atoms with Crippen LogP contribution in [-0.4, -0.2) is 35.7 Å². The van der Waals surface area contributed by atoms with E-state index in [0.29, 0.717) is 0 Å². The van der Waals surface area contributed by atoms with Crippen molar-refractivity contribution in [2.75, 3.05) is 13.7 Å². The van der Waals surface area contributed by atoms with E-state index in [0.717, 1.165) is 23.4 Å². The van der Waals surface area contributed by atoms with Crippen LogP contribution in [0, 0.1) is 21.4 Å². The molecule has 0 N–H and O–H groups in total. The molecule has 0 spiro atoms. The van der Waals surface area contributed by atoms with Gasteiger partial charge in [0.15, 0.2) is 0 Å². The number of ether oxygens (including phenoxy) is 1. The normalized spacial score (nSPS) is 10.2. The van der Waals surface area contributed by atoms with Crippen LogP contribution in [0.2, 0.25) is 0 Å². The van der Waals surface area contributed by atoms with Gasteiger partial charge in [-0.2, -0.15) is 10.4 Å². The fourth-order valence-electron chi connectivity index (χ4n) is 1.55. The number of nitriles is 1. The molecule has 1 amide bonds. The SMILES string of the molecule is COc1cc([N+](=O)[O-])cc(/C=N\N(CCC#N)C(C)=O)c1[O-]. The Morgan fingerprint density at radius 1 is 1.59 bits per heavy atom. The van der Waals surface area contributed by atoms with Crippen molar-refractivity contribution in [3.05, 3.63) is 27.8 Å². The summed E-state index contributed by atoms with van der Waals surface area (Å²) in [6.07, 6.45) is 1.11. The average molecular weight is 305 g/mol. The summed E-state index contributed by atoms with van der Waals surface area (Å²) in [5, 5.41) is 36.1. The lowest BCUT2D eigenvalue weighted by molar-refractivity contribution is -0.385. The first-order valence-corrected chi connectivity index (χ1v) is 6.13. The van der Waals surface area contributed by atoms with Crippen LogP contribution in [0.4, 0.5) is 5.69 Å². The van der Waals surface area contributed by atoms with Crippen LogP contribution in [0.5, 0.6) is 11.5 Å². The third-order valence-electron chi connectivity index (χ3n) is 2.63. The van der Waals surface area contributed by atoms with Crippen LogP contribution in [-0.2, 0) is 4.79 Å². The van der Waals surface area contributed by atoms with Crippen LogP contribution in [0.15, 0.2) is 17.2 Å². The van der Waals surface area contributed by atoms with Crippen molar-refractivity contribution >= 4 is 17.8 Å². The number of nitro groups is 1. The lowest BCUT2D eigenvalue weighted by Crippen LogP contribution is -2.24. The predicted octanol–water partition coefficient (Wildman–Crippen LogP) is 0.773.